The van der Waals surface area contributed by atoms with Crippen molar-refractivity contribution in [2.24, 2.45) is 5.92 Å². The fourth-order valence-electron chi connectivity index (χ4n) is 2.33. The van der Waals surface area contributed by atoms with Crippen LogP contribution in [-0.2, 0) is 11.2 Å². The Labute approximate surface area is 149 Å². The highest BCUT2D eigenvalue weighted by molar-refractivity contribution is 6.04. The van der Waals surface area contributed by atoms with Gasteiger partial charge in [-0.05, 0) is 54.8 Å². The first-order chi connectivity index (χ1) is 12.0. The third-order valence-electron chi connectivity index (χ3n) is 3.97. The Kier molecular flexibility index (Phi) is 6.75. The molecule has 0 unspecified atom stereocenters. The molecule has 0 saturated carbocycles. The van der Waals surface area contributed by atoms with Gasteiger partial charge < -0.3 is 10.6 Å². The standard InChI is InChI=1S/C21H26N2O2/c1-4-5-6-16-7-11-18(12-8-16)23-21(25)17-9-13-19(14-10-17)22-20(24)15(2)3/h7-15H,4-6H2,1-3H3,(H,22,24)(H,23,25). The molecule has 4 nitrogen and oxygen atoms in total. The molecule has 2 rings (SSSR count). The summed E-state index contributed by atoms with van der Waals surface area (Å²) >= 11 is 0. The van der Waals surface area contributed by atoms with Crippen LogP contribution in [-0.4, -0.2) is 11.8 Å². The van der Waals surface area contributed by atoms with Crippen molar-refractivity contribution in [2.45, 2.75) is 40.0 Å². The molecule has 0 aromatic heterocycles. The van der Waals surface area contributed by atoms with E-state index < -0.39 is 0 Å². The van der Waals surface area contributed by atoms with Gasteiger partial charge >= 0.3 is 0 Å². The highest BCUT2D eigenvalue weighted by Gasteiger charge is 2.09. The van der Waals surface area contributed by atoms with E-state index in [0.29, 0.717) is 11.3 Å². The van der Waals surface area contributed by atoms with E-state index in [9.17, 15) is 9.59 Å². The van der Waals surface area contributed by atoms with Crippen LogP contribution in [0.1, 0.15) is 49.5 Å². The topological polar surface area (TPSA) is 58.2 Å². The van der Waals surface area contributed by atoms with Crippen molar-refractivity contribution in [1.82, 2.24) is 0 Å². The van der Waals surface area contributed by atoms with Gasteiger partial charge in [-0.25, -0.2) is 0 Å². The second kappa shape index (κ2) is 9.02. The van der Waals surface area contributed by atoms with Crippen LogP contribution in [0.4, 0.5) is 11.4 Å². The number of benzene rings is 2. The number of hydrogen-bond acceptors (Lipinski definition) is 2. The molecule has 132 valence electrons. The first-order valence-electron chi connectivity index (χ1n) is 8.81. The minimum Gasteiger partial charge on any atom is -0.326 e. The molecule has 0 radical (unpaired) electrons. The highest BCUT2D eigenvalue weighted by atomic mass is 16.2. The molecule has 0 atom stereocenters. The maximum Gasteiger partial charge on any atom is 0.255 e. The molecule has 0 heterocycles. The third kappa shape index (κ3) is 5.75. The molecule has 2 aromatic carbocycles. The number of unbranched alkanes of at least 4 members (excludes halogenated alkanes) is 1. The van der Waals surface area contributed by atoms with E-state index >= 15 is 0 Å². The van der Waals surface area contributed by atoms with Crippen molar-refractivity contribution in [3.8, 4) is 0 Å². The van der Waals surface area contributed by atoms with E-state index in [0.717, 1.165) is 12.1 Å². The van der Waals surface area contributed by atoms with Crippen molar-refractivity contribution < 1.29 is 9.59 Å². The van der Waals surface area contributed by atoms with E-state index in [1.54, 1.807) is 24.3 Å². The summed E-state index contributed by atoms with van der Waals surface area (Å²) in [6.45, 7) is 5.85. The summed E-state index contributed by atoms with van der Waals surface area (Å²) in [6, 6.07) is 14.9. The number of hydrogen-bond donors (Lipinski definition) is 2. The first kappa shape index (κ1) is 18.7. The summed E-state index contributed by atoms with van der Waals surface area (Å²) in [7, 11) is 0. The monoisotopic (exact) mass is 338 g/mol. The second-order valence-electron chi connectivity index (χ2n) is 6.48. The zero-order chi connectivity index (χ0) is 18.2. The highest BCUT2D eigenvalue weighted by Crippen LogP contribution is 2.15. The minimum atomic E-state index is -0.164. The van der Waals surface area contributed by atoms with E-state index in [1.165, 1.54) is 18.4 Å². The SMILES string of the molecule is CCCCc1ccc(NC(=O)c2ccc(NC(=O)C(C)C)cc2)cc1. The van der Waals surface area contributed by atoms with Crippen molar-refractivity contribution >= 4 is 23.2 Å². The molecule has 0 aliphatic carbocycles. The lowest BCUT2D eigenvalue weighted by atomic mass is 10.1. The Hall–Kier alpha value is -2.62. The molecular formula is C21H26N2O2. The van der Waals surface area contributed by atoms with Gasteiger partial charge in [0.15, 0.2) is 0 Å². The van der Waals surface area contributed by atoms with Crippen LogP contribution >= 0.6 is 0 Å². The van der Waals surface area contributed by atoms with Gasteiger partial charge in [0.2, 0.25) is 5.91 Å². The first-order valence-corrected chi connectivity index (χ1v) is 8.81. The molecule has 0 saturated heterocycles. The van der Waals surface area contributed by atoms with Gasteiger partial charge in [-0.2, -0.15) is 0 Å². The third-order valence-corrected chi connectivity index (χ3v) is 3.97. The van der Waals surface area contributed by atoms with Crippen molar-refractivity contribution in [1.29, 1.82) is 0 Å². The summed E-state index contributed by atoms with van der Waals surface area (Å²) < 4.78 is 0. The molecule has 0 fully saturated rings. The average molecular weight is 338 g/mol. The molecule has 0 bridgehead atoms. The smallest absolute Gasteiger partial charge is 0.255 e. The normalized spacial score (nSPS) is 10.6. The lowest BCUT2D eigenvalue weighted by Gasteiger charge is -2.09. The number of anilines is 2. The number of aryl methyl sites for hydroxylation is 1. The molecule has 25 heavy (non-hydrogen) atoms. The Morgan fingerprint density at radius 2 is 1.44 bits per heavy atom. The Morgan fingerprint density at radius 3 is 2.00 bits per heavy atom. The molecule has 4 heteroatoms. The second-order valence-corrected chi connectivity index (χ2v) is 6.48. The maximum absolute atomic E-state index is 12.3. The van der Waals surface area contributed by atoms with Crippen LogP contribution in [0.15, 0.2) is 48.5 Å². The Morgan fingerprint density at radius 1 is 0.880 bits per heavy atom. The van der Waals surface area contributed by atoms with Gasteiger partial charge in [0.1, 0.15) is 0 Å². The van der Waals surface area contributed by atoms with E-state index in [-0.39, 0.29) is 17.7 Å². The Bertz CT molecular complexity index is 704. The fourth-order valence-corrected chi connectivity index (χ4v) is 2.33. The zero-order valence-corrected chi connectivity index (χ0v) is 15.1. The predicted molar refractivity (Wildman–Crippen MR) is 103 cm³/mol. The average Bonchev–Trinajstić information content (AvgIpc) is 2.61. The number of nitrogens with one attached hydrogen (secondary N) is 2. The van der Waals surface area contributed by atoms with Gasteiger partial charge in [0.25, 0.3) is 5.91 Å². The van der Waals surface area contributed by atoms with Crippen molar-refractivity contribution in [3.63, 3.8) is 0 Å². The van der Waals surface area contributed by atoms with Gasteiger partial charge in [0, 0.05) is 22.9 Å². The van der Waals surface area contributed by atoms with Crippen LogP contribution in [0.25, 0.3) is 0 Å². The predicted octanol–water partition coefficient (Wildman–Crippen LogP) is 4.88. The van der Waals surface area contributed by atoms with E-state index in [1.807, 2.05) is 26.0 Å². The van der Waals surface area contributed by atoms with Crippen molar-refractivity contribution in [2.75, 3.05) is 10.6 Å². The van der Waals surface area contributed by atoms with E-state index in [2.05, 4.69) is 29.7 Å². The number of rotatable bonds is 7. The van der Waals surface area contributed by atoms with E-state index in [4.69, 9.17) is 0 Å². The van der Waals surface area contributed by atoms with Crippen molar-refractivity contribution in [3.05, 3.63) is 59.7 Å². The fraction of sp³-hybridized carbons (Fsp3) is 0.333. The van der Waals surface area contributed by atoms with Crippen LogP contribution in [0.3, 0.4) is 0 Å². The molecule has 0 spiro atoms. The molecule has 2 aromatic rings. The summed E-state index contributed by atoms with van der Waals surface area (Å²) in [5, 5.41) is 5.70. The lowest BCUT2D eigenvalue weighted by molar-refractivity contribution is -0.118. The summed E-state index contributed by atoms with van der Waals surface area (Å²) in [6.07, 6.45) is 3.41. The van der Waals surface area contributed by atoms with Gasteiger partial charge in [0.05, 0.1) is 0 Å². The van der Waals surface area contributed by atoms with Gasteiger partial charge in [-0.3, -0.25) is 9.59 Å². The quantitative estimate of drug-likeness (QED) is 0.756. The molecular weight excluding hydrogens is 312 g/mol. The molecule has 2 amide bonds. The Balaban J connectivity index is 1.95. The molecule has 0 aliphatic heterocycles. The number of carbonyl (C=O) groups is 2. The van der Waals surface area contributed by atoms with Crippen LogP contribution in [0.5, 0.6) is 0 Å². The summed E-state index contributed by atoms with van der Waals surface area (Å²) in [5.74, 6) is -0.285. The van der Waals surface area contributed by atoms with Crippen LogP contribution < -0.4 is 10.6 Å². The van der Waals surface area contributed by atoms with Gasteiger partial charge in [-0.1, -0.05) is 39.3 Å². The molecule has 0 aliphatic rings. The van der Waals surface area contributed by atoms with Gasteiger partial charge in [-0.15, -0.1) is 0 Å². The summed E-state index contributed by atoms with van der Waals surface area (Å²) in [4.78, 5) is 24.0. The minimum absolute atomic E-state index is 0.0413. The number of carbonyl (C=O) groups excluding carboxylic acids is 2. The zero-order valence-electron chi connectivity index (χ0n) is 15.1. The largest absolute Gasteiger partial charge is 0.326 e. The maximum atomic E-state index is 12.3. The van der Waals surface area contributed by atoms with Crippen LogP contribution in [0.2, 0.25) is 0 Å². The molecule has 2 N–H and O–H groups in total. The lowest BCUT2D eigenvalue weighted by Crippen LogP contribution is -2.18. The summed E-state index contributed by atoms with van der Waals surface area (Å²) in [5.41, 5.74) is 3.31. The van der Waals surface area contributed by atoms with Crippen LogP contribution in [0, 0.1) is 5.92 Å². The number of amides is 2.